The zero-order valence-corrected chi connectivity index (χ0v) is 10.1. The molecule has 0 aliphatic heterocycles. The molecule has 0 fully saturated rings. The van der Waals surface area contributed by atoms with E-state index in [4.69, 9.17) is 9.52 Å². The molecule has 0 atom stereocenters. The highest BCUT2D eigenvalue weighted by molar-refractivity contribution is 5.89. The fraction of sp³-hybridized carbons (Fsp3) is 0.214. The first-order valence-corrected chi connectivity index (χ1v) is 5.77. The van der Waals surface area contributed by atoms with Gasteiger partial charge in [-0.2, -0.15) is 0 Å². The highest BCUT2D eigenvalue weighted by Gasteiger charge is 2.06. The molecule has 0 aliphatic carbocycles. The van der Waals surface area contributed by atoms with E-state index >= 15 is 0 Å². The van der Waals surface area contributed by atoms with E-state index in [9.17, 15) is 4.79 Å². The van der Waals surface area contributed by atoms with Gasteiger partial charge in [-0.1, -0.05) is 0 Å². The molecule has 0 saturated carbocycles. The molecule has 1 aromatic carbocycles. The van der Waals surface area contributed by atoms with E-state index in [1.165, 1.54) is 0 Å². The Hall–Kier alpha value is -2.23. The summed E-state index contributed by atoms with van der Waals surface area (Å²) in [5.41, 5.74) is 2.01. The van der Waals surface area contributed by atoms with Crippen molar-refractivity contribution in [3.8, 4) is 0 Å². The van der Waals surface area contributed by atoms with Crippen molar-refractivity contribution < 1.29 is 14.3 Å². The maximum atomic E-state index is 10.9. The van der Waals surface area contributed by atoms with Gasteiger partial charge in [-0.15, -0.1) is 0 Å². The Morgan fingerprint density at radius 3 is 2.83 bits per heavy atom. The van der Waals surface area contributed by atoms with Gasteiger partial charge in [-0.3, -0.25) is 0 Å². The normalized spacial score (nSPS) is 10.3. The average Bonchev–Trinajstić information content (AvgIpc) is 2.81. The number of benzene rings is 1. The van der Waals surface area contributed by atoms with Crippen LogP contribution in [0.2, 0.25) is 0 Å². The minimum atomic E-state index is -0.894. The molecular formula is C14H15NO3. The second kappa shape index (κ2) is 5.40. The number of carbonyl (C=O) groups is 1. The molecule has 1 heterocycles. The van der Waals surface area contributed by atoms with Crippen LogP contribution in [0.15, 0.2) is 41.0 Å². The minimum Gasteiger partial charge on any atom is -0.478 e. The summed E-state index contributed by atoms with van der Waals surface area (Å²) in [6.07, 6.45) is 2.45. The van der Waals surface area contributed by atoms with Crippen molar-refractivity contribution in [3.63, 3.8) is 0 Å². The van der Waals surface area contributed by atoms with Crippen LogP contribution in [0.25, 0.3) is 0 Å². The number of rotatable bonds is 5. The molecule has 1 aromatic heterocycles. The summed E-state index contributed by atoms with van der Waals surface area (Å²) in [4.78, 5) is 10.9. The Kier molecular flexibility index (Phi) is 3.67. The van der Waals surface area contributed by atoms with Crippen molar-refractivity contribution in [1.82, 2.24) is 0 Å². The number of aryl methyl sites for hydroxylation is 1. The molecule has 2 N–H and O–H groups in total. The lowest BCUT2D eigenvalue weighted by atomic mass is 10.1. The van der Waals surface area contributed by atoms with Gasteiger partial charge in [0.25, 0.3) is 0 Å². The number of anilines is 1. The molecule has 0 unspecified atom stereocenters. The van der Waals surface area contributed by atoms with Gasteiger partial charge in [-0.05, 0) is 42.8 Å². The van der Waals surface area contributed by atoms with E-state index in [1.54, 1.807) is 25.3 Å². The molecule has 0 radical (unpaired) electrons. The predicted molar refractivity (Wildman–Crippen MR) is 69.0 cm³/mol. The lowest BCUT2D eigenvalue weighted by Crippen LogP contribution is -2.06. The van der Waals surface area contributed by atoms with Gasteiger partial charge < -0.3 is 14.8 Å². The van der Waals surface area contributed by atoms with Crippen LogP contribution in [-0.2, 0) is 6.42 Å². The molecule has 0 saturated heterocycles. The molecule has 94 valence electrons. The topological polar surface area (TPSA) is 62.5 Å². The van der Waals surface area contributed by atoms with Crippen LogP contribution in [0.4, 0.5) is 5.69 Å². The van der Waals surface area contributed by atoms with Gasteiger partial charge in [0.05, 0.1) is 11.8 Å². The van der Waals surface area contributed by atoms with E-state index in [1.807, 2.05) is 18.2 Å². The number of furan rings is 1. The first-order valence-electron chi connectivity index (χ1n) is 5.77. The molecule has 0 bridgehead atoms. The Bertz CT molecular complexity index is 532. The molecule has 0 spiro atoms. The van der Waals surface area contributed by atoms with Crippen molar-refractivity contribution in [1.29, 1.82) is 0 Å². The van der Waals surface area contributed by atoms with Crippen LogP contribution < -0.4 is 5.32 Å². The third kappa shape index (κ3) is 2.91. The number of carboxylic acids is 1. The largest absolute Gasteiger partial charge is 0.478 e. The highest BCUT2D eigenvalue weighted by Crippen LogP contribution is 2.15. The molecule has 0 aliphatic rings. The summed E-state index contributed by atoms with van der Waals surface area (Å²) in [5.74, 6) is 0.0380. The Balaban J connectivity index is 1.94. The van der Waals surface area contributed by atoms with Crippen LogP contribution in [0.3, 0.4) is 0 Å². The van der Waals surface area contributed by atoms with Gasteiger partial charge in [0.2, 0.25) is 0 Å². The first-order chi connectivity index (χ1) is 8.66. The van der Waals surface area contributed by atoms with Gasteiger partial charge in [0.1, 0.15) is 5.76 Å². The van der Waals surface area contributed by atoms with Crippen molar-refractivity contribution >= 4 is 11.7 Å². The highest BCUT2D eigenvalue weighted by atomic mass is 16.4. The van der Waals surface area contributed by atoms with Crippen LogP contribution in [0.1, 0.15) is 21.7 Å². The third-order valence-electron chi connectivity index (χ3n) is 2.74. The maximum absolute atomic E-state index is 10.9. The van der Waals surface area contributed by atoms with Crippen LogP contribution in [-0.4, -0.2) is 17.6 Å². The fourth-order valence-corrected chi connectivity index (χ4v) is 1.80. The van der Waals surface area contributed by atoms with E-state index in [0.29, 0.717) is 5.56 Å². The molecule has 4 nitrogen and oxygen atoms in total. The van der Waals surface area contributed by atoms with Gasteiger partial charge in [-0.25, -0.2) is 4.79 Å². The van der Waals surface area contributed by atoms with E-state index in [-0.39, 0.29) is 0 Å². The lowest BCUT2D eigenvalue weighted by molar-refractivity contribution is 0.0696. The monoisotopic (exact) mass is 245 g/mol. The molecule has 2 aromatic rings. The van der Waals surface area contributed by atoms with E-state index < -0.39 is 5.97 Å². The minimum absolute atomic E-state index is 0.339. The first kappa shape index (κ1) is 12.2. The Labute approximate surface area is 105 Å². The van der Waals surface area contributed by atoms with Crippen molar-refractivity contribution in [2.45, 2.75) is 13.3 Å². The zero-order valence-electron chi connectivity index (χ0n) is 10.1. The number of hydrogen-bond acceptors (Lipinski definition) is 3. The predicted octanol–water partition coefficient (Wildman–Crippen LogP) is 2.94. The second-order valence-corrected chi connectivity index (χ2v) is 4.09. The van der Waals surface area contributed by atoms with Crippen molar-refractivity contribution in [2.75, 3.05) is 11.9 Å². The molecule has 18 heavy (non-hydrogen) atoms. The third-order valence-corrected chi connectivity index (χ3v) is 2.74. The number of nitrogens with one attached hydrogen (secondary N) is 1. The second-order valence-electron chi connectivity index (χ2n) is 4.09. The standard InChI is InChI=1S/C14H15NO3/c1-10-9-11(4-5-13(10)14(16)17)15-7-6-12-3-2-8-18-12/h2-5,8-9,15H,6-7H2,1H3,(H,16,17). The van der Waals surface area contributed by atoms with Gasteiger partial charge >= 0.3 is 5.97 Å². The van der Waals surface area contributed by atoms with Crippen molar-refractivity contribution in [2.24, 2.45) is 0 Å². The summed E-state index contributed by atoms with van der Waals surface area (Å²) in [5, 5.41) is 12.2. The fourth-order valence-electron chi connectivity index (χ4n) is 1.80. The van der Waals surface area contributed by atoms with Crippen LogP contribution in [0, 0.1) is 6.92 Å². The average molecular weight is 245 g/mol. The summed E-state index contributed by atoms with van der Waals surface area (Å²) in [6.45, 7) is 2.54. The van der Waals surface area contributed by atoms with E-state index in [2.05, 4.69) is 5.32 Å². The van der Waals surface area contributed by atoms with Crippen molar-refractivity contribution in [3.05, 3.63) is 53.5 Å². The summed E-state index contributed by atoms with van der Waals surface area (Å²) in [6, 6.07) is 9.03. The SMILES string of the molecule is Cc1cc(NCCc2ccco2)ccc1C(=O)O. The number of hydrogen-bond donors (Lipinski definition) is 2. The summed E-state index contributed by atoms with van der Waals surface area (Å²) in [7, 11) is 0. The van der Waals surface area contributed by atoms with Crippen LogP contribution in [0.5, 0.6) is 0 Å². The summed E-state index contributed by atoms with van der Waals surface area (Å²) < 4.78 is 5.23. The molecule has 0 amide bonds. The molecular weight excluding hydrogens is 230 g/mol. The molecule has 2 rings (SSSR count). The van der Waals surface area contributed by atoms with Gasteiger partial charge in [0.15, 0.2) is 0 Å². The maximum Gasteiger partial charge on any atom is 0.335 e. The quantitative estimate of drug-likeness (QED) is 0.850. The van der Waals surface area contributed by atoms with Crippen LogP contribution >= 0.6 is 0 Å². The molecule has 4 heteroatoms. The number of aromatic carboxylic acids is 1. The lowest BCUT2D eigenvalue weighted by Gasteiger charge is -2.07. The number of carboxylic acid groups (broad SMARTS) is 1. The smallest absolute Gasteiger partial charge is 0.335 e. The zero-order chi connectivity index (χ0) is 13.0. The Morgan fingerprint density at radius 2 is 2.22 bits per heavy atom. The Morgan fingerprint density at radius 1 is 1.39 bits per heavy atom. The summed E-state index contributed by atoms with van der Waals surface area (Å²) >= 11 is 0. The van der Waals surface area contributed by atoms with Gasteiger partial charge in [0, 0.05) is 18.7 Å². The van der Waals surface area contributed by atoms with E-state index in [0.717, 1.165) is 30.0 Å².